The van der Waals surface area contributed by atoms with Crippen molar-refractivity contribution in [2.75, 3.05) is 13.2 Å². The highest BCUT2D eigenvalue weighted by molar-refractivity contribution is 7.89. The van der Waals surface area contributed by atoms with Crippen molar-refractivity contribution in [2.24, 2.45) is 21.8 Å². The van der Waals surface area contributed by atoms with Gasteiger partial charge in [0.25, 0.3) is 5.91 Å². The van der Waals surface area contributed by atoms with Crippen LogP contribution in [0.25, 0.3) is 0 Å². The Labute approximate surface area is 188 Å². The molecule has 3 rings (SSSR count). The molecule has 1 aromatic carbocycles. The Morgan fingerprint density at radius 2 is 1.81 bits per heavy atom. The Kier molecular flexibility index (Phi) is 6.57. The minimum absolute atomic E-state index is 0.0531. The van der Waals surface area contributed by atoms with Gasteiger partial charge in [-0.3, -0.25) is 14.4 Å². The van der Waals surface area contributed by atoms with Crippen LogP contribution < -0.4 is 10.1 Å². The smallest absolute Gasteiger partial charge is 0.321 e. The molecule has 1 aromatic rings. The van der Waals surface area contributed by atoms with Crippen LogP contribution in [0.4, 0.5) is 0 Å². The molecule has 2 N–H and O–H groups in total. The number of ether oxygens (including phenoxy) is 1. The van der Waals surface area contributed by atoms with Crippen molar-refractivity contribution in [3.63, 3.8) is 0 Å². The molecule has 1 amide bonds. The Morgan fingerprint density at radius 1 is 1.16 bits per heavy atom. The molecule has 2 atom stereocenters. The third kappa shape index (κ3) is 4.61. The van der Waals surface area contributed by atoms with Crippen molar-refractivity contribution in [1.82, 2.24) is 10.1 Å². The number of nitrogens with one attached hydrogen (secondary N) is 2. The number of amides is 1. The van der Waals surface area contributed by atoms with Crippen LogP contribution in [0.5, 0.6) is 0 Å². The molecule has 2 aliphatic carbocycles. The summed E-state index contributed by atoms with van der Waals surface area (Å²) in [4.78, 5) is 35.1. The number of hydrogen-bond donors (Lipinski definition) is 2. The molecular formula is C22H29N3O6S. The second-order valence-electron chi connectivity index (χ2n) is 9.15. The number of benzene rings is 1. The molecule has 0 spiro atoms. The quantitative estimate of drug-likeness (QED) is 0.345. The van der Waals surface area contributed by atoms with Gasteiger partial charge >= 0.3 is 5.97 Å². The Morgan fingerprint density at radius 3 is 2.34 bits per heavy atom. The molecule has 2 bridgehead atoms. The molecule has 174 valence electrons. The zero-order valence-electron chi connectivity index (χ0n) is 18.7. The summed E-state index contributed by atoms with van der Waals surface area (Å²) >= 11 is 0. The maximum atomic E-state index is 12.2. The fourth-order valence-electron chi connectivity index (χ4n) is 4.56. The third-order valence-electron chi connectivity index (χ3n) is 7.17. The van der Waals surface area contributed by atoms with Crippen molar-refractivity contribution >= 4 is 33.4 Å². The summed E-state index contributed by atoms with van der Waals surface area (Å²) in [6.45, 7) is 6.81. The van der Waals surface area contributed by atoms with E-state index in [2.05, 4.69) is 36.0 Å². The summed E-state index contributed by atoms with van der Waals surface area (Å²) in [6.07, 6.45) is 3.04. The van der Waals surface area contributed by atoms with Gasteiger partial charge in [-0.2, -0.15) is 9.82 Å². The number of hydrogen-bond acceptors (Lipinski definition) is 7. The number of sulfonamides is 1. The zero-order chi connectivity index (χ0) is 23.7. The number of carbonyl (C=O) groups is 3. The van der Waals surface area contributed by atoms with Gasteiger partial charge < -0.3 is 4.74 Å². The third-order valence-corrected chi connectivity index (χ3v) is 8.59. The van der Waals surface area contributed by atoms with Gasteiger partial charge in [0.1, 0.15) is 6.54 Å². The first-order chi connectivity index (χ1) is 14.9. The average Bonchev–Trinajstić information content (AvgIpc) is 3.08. The molecule has 9 nitrogen and oxygen atoms in total. The van der Waals surface area contributed by atoms with Gasteiger partial charge in [0.2, 0.25) is 10.0 Å². The lowest BCUT2D eigenvalue weighted by atomic mass is 9.70. The molecule has 2 fully saturated rings. The van der Waals surface area contributed by atoms with Crippen LogP contribution in [0, 0.1) is 16.7 Å². The van der Waals surface area contributed by atoms with Crippen molar-refractivity contribution in [1.29, 1.82) is 0 Å². The van der Waals surface area contributed by atoms with Crippen LogP contribution in [-0.2, 0) is 24.3 Å². The van der Waals surface area contributed by atoms with Crippen molar-refractivity contribution < 1.29 is 27.5 Å². The Bertz CT molecular complexity index is 1060. The first kappa shape index (κ1) is 24.1. The number of ketones is 1. The van der Waals surface area contributed by atoms with Crippen LogP contribution >= 0.6 is 0 Å². The van der Waals surface area contributed by atoms with Gasteiger partial charge in [-0.1, -0.05) is 32.9 Å². The second kappa shape index (κ2) is 8.74. The van der Waals surface area contributed by atoms with Crippen LogP contribution in [0.2, 0.25) is 0 Å². The maximum absolute atomic E-state index is 12.2. The molecule has 0 saturated heterocycles. The first-order valence-electron chi connectivity index (χ1n) is 10.5. The molecular weight excluding hydrogens is 434 g/mol. The first-order valence-corrected chi connectivity index (χ1v) is 12.0. The number of hydrazone groups is 1. The van der Waals surface area contributed by atoms with Crippen LogP contribution in [0.3, 0.4) is 0 Å². The number of esters is 1. The van der Waals surface area contributed by atoms with E-state index in [1.807, 2.05) is 0 Å². The highest BCUT2D eigenvalue weighted by atomic mass is 32.2. The number of Topliss-reactive ketones (excluding diaryl/α,β-unsaturated/α-hetero) is 1. The molecule has 2 unspecified atom stereocenters. The summed E-state index contributed by atoms with van der Waals surface area (Å²) in [5, 5.41) is 4.29. The molecule has 0 heterocycles. The normalized spacial score (nSPS) is 25.0. The van der Waals surface area contributed by atoms with E-state index in [9.17, 15) is 22.8 Å². The van der Waals surface area contributed by atoms with E-state index in [1.54, 1.807) is 0 Å². The van der Waals surface area contributed by atoms with Gasteiger partial charge in [-0.05, 0) is 49.7 Å². The molecule has 10 heteroatoms. The predicted molar refractivity (Wildman–Crippen MR) is 117 cm³/mol. The summed E-state index contributed by atoms with van der Waals surface area (Å²) < 4.78 is 31.4. The Hall–Kier alpha value is -2.59. The fraction of sp³-hybridized carbons (Fsp3) is 0.545. The highest BCUT2D eigenvalue weighted by Crippen LogP contribution is 2.63. The number of fused-ring (bicyclic) bond motifs is 2. The van der Waals surface area contributed by atoms with E-state index >= 15 is 0 Å². The van der Waals surface area contributed by atoms with Gasteiger partial charge in [0.15, 0.2) is 12.4 Å². The van der Waals surface area contributed by atoms with E-state index in [4.69, 9.17) is 4.74 Å². The van der Waals surface area contributed by atoms with Crippen molar-refractivity contribution in [3.8, 4) is 0 Å². The molecule has 2 aliphatic rings. The lowest BCUT2D eigenvalue weighted by Crippen LogP contribution is -2.35. The summed E-state index contributed by atoms with van der Waals surface area (Å²) in [6, 6.07) is 5.32. The monoisotopic (exact) mass is 463 g/mol. The number of nitrogens with zero attached hydrogens (tertiary/aromatic N) is 1. The Balaban J connectivity index is 1.46. The van der Waals surface area contributed by atoms with Gasteiger partial charge in [-0.25, -0.2) is 13.8 Å². The molecule has 32 heavy (non-hydrogen) atoms. The average molecular weight is 464 g/mol. The van der Waals surface area contributed by atoms with Gasteiger partial charge in [0.05, 0.1) is 4.90 Å². The topological polar surface area (TPSA) is 131 Å². The van der Waals surface area contributed by atoms with Crippen molar-refractivity contribution in [2.45, 2.75) is 51.9 Å². The highest BCUT2D eigenvalue weighted by Gasteiger charge is 2.60. The van der Waals surface area contributed by atoms with Gasteiger partial charge in [-0.15, -0.1) is 0 Å². The standard InChI is InChI=1S/C22H29N3O6S/c1-14(26)15-5-7-17(8-6-15)32(29,30)23-12-20(28)31-13-19(27)25-24-18-11-16-9-10-22(18,4)21(16,2)3/h5-8,16,23H,9-13H2,1-4H3,(H,25,27)/b24-18+. The molecule has 2 saturated carbocycles. The van der Waals surface area contributed by atoms with Gasteiger partial charge in [0, 0.05) is 16.7 Å². The molecule has 0 aliphatic heterocycles. The predicted octanol–water partition coefficient (Wildman–Crippen LogP) is 2.03. The van der Waals surface area contributed by atoms with Crippen LogP contribution in [0.15, 0.2) is 34.3 Å². The van der Waals surface area contributed by atoms with E-state index in [-0.39, 0.29) is 21.5 Å². The number of rotatable bonds is 8. The van der Waals surface area contributed by atoms with Crippen molar-refractivity contribution in [3.05, 3.63) is 29.8 Å². The maximum Gasteiger partial charge on any atom is 0.321 e. The molecule has 0 aromatic heterocycles. The number of carbonyl (C=O) groups excluding carboxylic acids is 3. The van der Waals surface area contributed by atoms with E-state index < -0.39 is 35.1 Å². The zero-order valence-corrected chi connectivity index (χ0v) is 19.5. The summed E-state index contributed by atoms with van der Waals surface area (Å²) in [5.74, 6) is -1.12. The van der Waals surface area contributed by atoms with Crippen LogP contribution in [-0.4, -0.2) is 44.9 Å². The second-order valence-corrected chi connectivity index (χ2v) is 10.9. The lowest BCUT2D eigenvalue weighted by Gasteiger charge is -2.34. The van der Waals surface area contributed by atoms with E-state index in [0.717, 1.165) is 25.0 Å². The molecule has 0 radical (unpaired) electrons. The van der Waals surface area contributed by atoms with Crippen LogP contribution in [0.1, 0.15) is 57.3 Å². The van der Waals surface area contributed by atoms with E-state index in [1.165, 1.54) is 31.2 Å². The summed E-state index contributed by atoms with van der Waals surface area (Å²) in [7, 11) is -3.97. The largest absolute Gasteiger partial charge is 0.455 e. The lowest BCUT2D eigenvalue weighted by molar-refractivity contribution is -0.147. The fourth-order valence-corrected chi connectivity index (χ4v) is 5.53. The summed E-state index contributed by atoms with van der Waals surface area (Å²) in [5.41, 5.74) is 3.86. The minimum atomic E-state index is -3.97. The minimum Gasteiger partial charge on any atom is -0.455 e. The van der Waals surface area contributed by atoms with E-state index in [0.29, 0.717) is 11.5 Å². The SMILES string of the molecule is CC(=O)c1ccc(S(=O)(=O)NCC(=O)OCC(=O)N/N=C2\CC3CCC2(C)C3(C)C)cc1.